The van der Waals surface area contributed by atoms with E-state index in [0.29, 0.717) is 6.61 Å². The van der Waals surface area contributed by atoms with E-state index in [9.17, 15) is 4.79 Å². The summed E-state index contributed by atoms with van der Waals surface area (Å²) in [5, 5.41) is 8.64. The molecule has 76 valence electrons. The lowest BCUT2D eigenvalue weighted by Crippen LogP contribution is -2.11. The number of ether oxygens (including phenoxy) is 1. The monoisotopic (exact) mass is 246 g/mol. The molecule has 0 unspecified atom stereocenters. The van der Waals surface area contributed by atoms with Crippen LogP contribution in [0.5, 0.6) is 0 Å². The summed E-state index contributed by atoms with van der Waals surface area (Å²) in [7, 11) is 0. The third-order valence-electron chi connectivity index (χ3n) is 1.06. The van der Waals surface area contributed by atoms with Crippen molar-refractivity contribution in [3.63, 3.8) is 0 Å². The van der Waals surface area contributed by atoms with Crippen LogP contribution in [0.4, 0.5) is 0 Å². The zero-order chi connectivity index (χ0) is 10.5. The lowest BCUT2D eigenvalue weighted by molar-refractivity contribution is -0.133. The molecular weight excluding hydrogens is 238 g/mol. The van der Waals surface area contributed by atoms with Crippen LogP contribution in [0.25, 0.3) is 0 Å². The molecule has 0 aromatic rings. The Balaban J connectivity index is 4.36. The number of hydrogen-bond acceptors (Lipinski definition) is 2. The number of rotatable bonds is 4. The van der Waals surface area contributed by atoms with Crippen molar-refractivity contribution < 1.29 is 14.6 Å². The summed E-state index contributed by atoms with van der Waals surface area (Å²) in [4.78, 5) is 10.6. The van der Waals surface area contributed by atoms with Gasteiger partial charge in [-0.15, -0.1) is 0 Å². The first-order valence-corrected chi connectivity index (χ1v) is 4.61. The fourth-order valence-corrected chi connectivity index (χ4v) is 0.999. The maximum Gasteiger partial charge on any atom is 0.334 e. The predicted molar refractivity (Wildman–Crippen MR) is 52.3 cm³/mol. The van der Waals surface area contributed by atoms with E-state index in [1.54, 1.807) is 6.92 Å². The Bertz CT molecular complexity index is 208. The molecule has 0 amide bonds. The number of alkyl halides is 3. The van der Waals surface area contributed by atoms with Gasteiger partial charge in [0.1, 0.15) is 0 Å². The van der Waals surface area contributed by atoms with E-state index in [-0.39, 0.29) is 12.0 Å². The summed E-state index contributed by atoms with van der Waals surface area (Å²) in [5.74, 6) is -1.15. The fraction of sp³-hybridized carbons (Fsp3) is 0.571. The molecule has 0 bridgehead atoms. The Labute approximate surface area is 91.2 Å². The summed E-state index contributed by atoms with van der Waals surface area (Å²) < 4.78 is 3.17. The molecule has 13 heavy (non-hydrogen) atoms. The van der Waals surface area contributed by atoms with E-state index < -0.39 is 9.76 Å². The third-order valence-corrected chi connectivity index (χ3v) is 1.46. The van der Waals surface area contributed by atoms with Gasteiger partial charge in [0.05, 0.1) is 18.4 Å². The second kappa shape index (κ2) is 5.58. The lowest BCUT2D eigenvalue weighted by atomic mass is 10.2. The predicted octanol–water partition coefficient (Wildman–Crippen LogP) is 2.75. The summed E-state index contributed by atoms with van der Waals surface area (Å²) in [6.45, 7) is 2.10. The average Bonchev–Trinajstić information content (AvgIpc) is 1.95. The minimum Gasteiger partial charge on any atom is -0.501 e. The normalized spacial score (nSPS) is 12.8. The van der Waals surface area contributed by atoms with Crippen LogP contribution in [-0.2, 0) is 9.53 Å². The largest absolute Gasteiger partial charge is 0.501 e. The lowest BCUT2D eigenvalue weighted by Gasteiger charge is -2.10. The van der Waals surface area contributed by atoms with Crippen molar-refractivity contribution in [2.24, 2.45) is 0 Å². The van der Waals surface area contributed by atoms with Crippen LogP contribution in [-0.4, -0.2) is 21.5 Å². The summed E-state index contributed by atoms with van der Waals surface area (Å²) in [5.41, 5.74) is -0.0677. The van der Waals surface area contributed by atoms with E-state index in [1.165, 1.54) is 0 Å². The molecule has 0 aromatic carbocycles. The number of aliphatic carboxylic acids is 1. The van der Waals surface area contributed by atoms with Crippen LogP contribution in [0.2, 0.25) is 0 Å². The molecule has 3 nitrogen and oxygen atoms in total. The number of hydrogen-bond donors (Lipinski definition) is 1. The minimum absolute atomic E-state index is 0.0677. The standard InChI is InChI=1S/C7H9Cl3O3/c1-2-13-4-5(6(11)12)3-7(8,9)10/h4H,2-3H2,1H3,(H,11,12). The quantitative estimate of drug-likeness (QED) is 0.472. The van der Waals surface area contributed by atoms with Crippen LogP contribution in [0, 0.1) is 0 Å². The van der Waals surface area contributed by atoms with Crippen LogP contribution in [0.15, 0.2) is 11.8 Å². The summed E-state index contributed by atoms with van der Waals surface area (Å²) >= 11 is 16.3. The second-order valence-electron chi connectivity index (χ2n) is 2.20. The van der Waals surface area contributed by atoms with Crippen molar-refractivity contribution in [3.05, 3.63) is 11.8 Å². The molecule has 0 rings (SSSR count). The van der Waals surface area contributed by atoms with E-state index >= 15 is 0 Å². The highest BCUT2D eigenvalue weighted by Crippen LogP contribution is 2.33. The van der Waals surface area contributed by atoms with Gasteiger partial charge in [0.2, 0.25) is 0 Å². The first kappa shape index (κ1) is 12.9. The Morgan fingerprint density at radius 1 is 1.54 bits per heavy atom. The first-order chi connectivity index (χ1) is 5.87. The van der Waals surface area contributed by atoms with E-state index in [4.69, 9.17) is 44.6 Å². The van der Waals surface area contributed by atoms with E-state index in [2.05, 4.69) is 0 Å². The maximum atomic E-state index is 10.6. The van der Waals surface area contributed by atoms with Gasteiger partial charge in [-0.25, -0.2) is 4.79 Å². The number of carboxylic acid groups (broad SMARTS) is 1. The van der Waals surface area contributed by atoms with Crippen LogP contribution < -0.4 is 0 Å². The highest BCUT2D eigenvalue weighted by atomic mass is 35.6. The first-order valence-electron chi connectivity index (χ1n) is 3.47. The van der Waals surface area contributed by atoms with E-state index in [0.717, 1.165) is 6.26 Å². The van der Waals surface area contributed by atoms with Crippen molar-refractivity contribution in [1.82, 2.24) is 0 Å². The molecule has 0 aliphatic rings. The van der Waals surface area contributed by atoms with Crippen molar-refractivity contribution in [2.45, 2.75) is 17.1 Å². The van der Waals surface area contributed by atoms with Gasteiger partial charge in [0.25, 0.3) is 0 Å². The van der Waals surface area contributed by atoms with Crippen LogP contribution in [0.3, 0.4) is 0 Å². The zero-order valence-corrected chi connectivity index (χ0v) is 9.16. The molecule has 0 aliphatic heterocycles. The van der Waals surface area contributed by atoms with Gasteiger partial charge in [-0.05, 0) is 6.92 Å². The number of carbonyl (C=O) groups is 1. The van der Waals surface area contributed by atoms with Crippen molar-refractivity contribution in [3.8, 4) is 0 Å². The molecule has 0 atom stereocenters. The summed E-state index contributed by atoms with van der Waals surface area (Å²) in [6.07, 6.45) is 0.900. The summed E-state index contributed by atoms with van der Waals surface area (Å²) in [6, 6.07) is 0. The minimum atomic E-state index is -1.61. The van der Waals surface area contributed by atoms with Gasteiger partial charge < -0.3 is 9.84 Å². The number of carboxylic acids is 1. The molecule has 0 saturated carbocycles. The molecule has 0 spiro atoms. The van der Waals surface area contributed by atoms with Gasteiger partial charge in [0, 0.05) is 6.42 Å². The van der Waals surface area contributed by atoms with Gasteiger partial charge in [0.15, 0.2) is 3.79 Å². The Kier molecular flexibility index (Phi) is 5.53. The zero-order valence-electron chi connectivity index (χ0n) is 6.89. The third kappa shape index (κ3) is 6.99. The van der Waals surface area contributed by atoms with E-state index in [1.807, 2.05) is 0 Å². The van der Waals surface area contributed by atoms with Crippen LogP contribution in [0.1, 0.15) is 13.3 Å². The van der Waals surface area contributed by atoms with Gasteiger partial charge in [-0.3, -0.25) is 0 Å². The second-order valence-corrected chi connectivity index (χ2v) is 4.71. The topological polar surface area (TPSA) is 46.5 Å². The Morgan fingerprint density at radius 3 is 2.38 bits per heavy atom. The molecule has 0 saturated heterocycles. The van der Waals surface area contributed by atoms with Crippen molar-refractivity contribution in [2.75, 3.05) is 6.61 Å². The molecule has 0 aliphatic carbocycles. The van der Waals surface area contributed by atoms with Gasteiger partial charge in [-0.2, -0.15) is 0 Å². The number of halogens is 3. The van der Waals surface area contributed by atoms with Crippen molar-refractivity contribution >= 4 is 40.8 Å². The molecule has 0 radical (unpaired) electrons. The van der Waals surface area contributed by atoms with Crippen molar-refractivity contribution in [1.29, 1.82) is 0 Å². The average molecular weight is 248 g/mol. The molecule has 0 fully saturated rings. The molecule has 0 heterocycles. The molecule has 1 N–H and O–H groups in total. The Morgan fingerprint density at radius 2 is 2.08 bits per heavy atom. The van der Waals surface area contributed by atoms with Gasteiger partial charge >= 0.3 is 5.97 Å². The molecule has 6 heteroatoms. The molecule has 0 aromatic heterocycles. The molecular formula is C7H9Cl3O3. The highest BCUT2D eigenvalue weighted by Gasteiger charge is 2.25. The van der Waals surface area contributed by atoms with Gasteiger partial charge in [-0.1, -0.05) is 34.8 Å². The Hall–Kier alpha value is -0.120. The fourth-order valence-electron chi connectivity index (χ4n) is 0.568. The smallest absolute Gasteiger partial charge is 0.334 e. The van der Waals surface area contributed by atoms with Crippen LogP contribution >= 0.6 is 34.8 Å². The maximum absolute atomic E-state index is 10.6. The highest BCUT2D eigenvalue weighted by molar-refractivity contribution is 6.67. The SMILES string of the molecule is CCOC=C(CC(Cl)(Cl)Cl)C(=O)O.